The van der Waals surface area contributed by atoms with Gasteiger partial charge in [-0.25, -0.2) is 4.98 Å². The van der Waals surface area contributed by atoms with Gasteiger partial charge in [-0.1, -0.05) is 35.3 Å². The van der Waals surface area contributed by atoms with E-state index in [-0.39, 0.29) is 57.4 Å². The van der Waals surface area contributed by atoms with Gasteiger partial charge < -0.3 is 19.9 Å². The fraction of sp³-hybridized carbons (Fsp3) is 0.304. The summed E-state index contributed by atoms with van der Waals surface area (Å²) in [5, 5.41) is 2.42. The molecule has 2 amide bonds. The number of nitrogens with zero attached hydrogens (tertiary/aromatic N) is 2. The Kier molecular flexibility index (Phi) is 7.53. The Bertz CT molecular complexity index is 1320. The van der Waals surface area contributed by atoms with Crippen molar-refractivity contribution < 1.29 is 32.3 Å². The molecule has 3 aromatic rings. The zero-order valence-electron chi connectivity index (χ0n) is 18.5. The smallest absolute Gasteiger partial charge is 0.378 e. The van der Waals surface area contributed by atoms with Gasteiger partial charge in [0.15, 0.2) is 6.29 Å². The van der Waals surface area contributed by atoms with Crippen molar-refractivity contribution in [2.75, 3.05) is 32.8 Å². The van der Waals surface area contributed by atoms with Crippen LogP contribution in [0.4, 0.5) is 13.2 Å². The molecular weight excluding hydrogens is 524 g/mol. The third kappa shape index (κ3) is 5.18. The third-order valence-corrected chi connectivity index (χ3v) is 6.47. The normalized spacial score (nSPS) is 15.1. The van der Waals surface area contributed by atoms with E-state index >= 15 is 0 Å². The van der Waals surface area contributed by atoms with Crippen LogP contribution in [-0.4, -0.2) is 65.8 Å². The molecule has 1 atom stereocenters. The molecule has 0 aliphatic carbocycles. The summed E-state index contributed by atoms with van der Waals surface area (Å²) in [6.45, 7) is 0.887. The number of hydrogen-bond acceptors (Lipinski definition) is 5. The Morgan fingerprint density at radius 3 is 2.58 bits per heavy atom. The Hall–Kier alpha value is -3.15. The molecule has 1 aliphatic rings. The number of aldehydes is 1. The number of H-pyrrole nitrogens is 1. The lowest BCUT2D eigenvalue weighted by Crippen LogP contribution is -2.45. The Labute approximate surface area is 212 Å². The summed E-state index contributed by atoms with van der Waals surface area (Å²) in [5.74, 6) is -3.44. The van der Waals surface area contributed by atoms with E-state index in [9.17, 15) is 27.6 Å². The summed E-state index contributed by atoms with van der Waals surface area (Å²) >= 11 is 12.3. The monoisotopic (exact) mass is 542 g/mol. The molecule has 2 heterocycles. The summed E-state index contributed by atoms with van der Waals surface area (Å²) in [7, 11) is 0. The lowest BCUT2D eigenvalue weighted by atomic mass is 9.95. The summed E-state index contributed by atoms with van der Waals surface area (Å²) < 4.78 is 45.2. The van der Waals surface area contributed by atoms with Gasteiger partial charge in [0.25, 0.3) is 5.91 Å². The van der Waals surface area contributed by atoms with Gasteiger partial charge in [0, 0.05) is 25.2 Å². The number of morpholine rings is 1. The van der Waals surface area contributed by atoms with Gasteiger partial charge in [-0.15, -0.1) is 0 Å². The number of para-hydroxylation sites is 1. The lowest BCUT2D eigenvalue weighted by Gasteiger charge is -2.31. The van der Waals surface area contributed by atoms with Crippen LogP contribution < -0.4 is 5.32 Å². The van der Waals surface area contributed by atoms with E-state index in [1.807, 2.05) is 0 Å². The maximum atomic E-state index is 13.5. The van der Waals surface area contributed by atoms with Crippen LogP contribution in [0.5, 0.6) is 0 Å². The molecule has 8 nitrogen and oxygen atoms in total. The molecule has 1 fully saturated rings. The number of amides is 2. The summed E-state index contributed by atoms with van der Waals surface area (Å²) in [6.07, 6.45) is -4.25. The number of aromatic nitrogens is 2. The van der Waals surface area contributed by atoms with Gasteiger partial charge in [-0.3, -0.25) is 14.4 Å². The number of hydrogen-bond donors (Lipinski definition) is 2. The van der Waals surface area contributed by atoms with E-state index in [2.05, 4.69) is 15.3 Å². The van der Waals surface area contributed by atoms with E-state index in [0.717, 1.165) is 0 Å². The average molecular weight is 543 g/mol. The average Bonchev–Trinajstić information content (AvgIpc) is 3.31. The largest absolute Gasteiger partial charge is 0.449 e. The predicted molar refractivity (Wildman–Crippen MR) is 125 cm³/mol. The number of aromatic amines is 1. The van der Waals surface area contributed by atoms with Crippen molar-refractivity contribution in [1.82, 2.24) is 20.2 Å². The van der Waals surface area contributed by atoms with E-state index in [1.54, 1.807) is 0 Å². The van der Waals surface area contributed by atoms with Crippen molar-refractivity contribution in [3.63, 3.8) is 0 Å². The second-order valence-corrected chi connectivity index (χ2v) is 8.76. The van der Waals surface area contributed by atoms with Crippen LogP contribution in [0.15, 0.2) is 30.3 Å². The zero-order chi connectivity index (χ0) is 26.0. The lowest BCUT2D eigenvalue weighted by molar-refractivity contribution is -0.144. The minimum atomic E-state index is -4.72. The quantitative estimate of drug-likeness (QED) is 0.457. The van der Waals surface area contributed by atoms with Gasteiger partial charge in [0.05, 0.1) is 45.8 Å². The first-order valence-corrected chi connectivity index (χ1v) is 11.5. The number of imidazole rings is 1. The maximum Gasteiger partial charge on any atom is 0.449 e. The number of rotatable bonds is 6. The highest BCUT2D eigenvalue weighted by Crippen LogP contribution is 2.33. The molecule has 190 valence electrons. The van der Waals surface area contributed by atoms with Crippen LogP contribution in [0.3, 0.4) is 0 Å². The molecule has 1 saturated heterocycles. The Morgan fingerprint density at radius 2 is 1.92 bits per heavy atom. The third-order valence-electron chi connectivity index (χ3n) is 5.75. The van der Waals surface area contributed by atoms with Crippen molar-refractivity contribution in [2.45, 2.75) is 12.1 Å². The molecule has 4 rings (SSSR count). The molecule has 1 aromatic heterocycles. The van der Waals surface area contributed by atoms with Crippen molar-refractivity contribution in [2.24, 2.45) is 0 Å². The van der Waals surface area contributed by atoms with Gasteiger partial charge >= 0.3 is 6.18 Å². The molecule has 0 spiro atoms. The standard InChI is InChI=1S/C23H19Cl2F3N4O4/c24-15-5-4-12(11-33)18(25)17(15)20(34)29-10-14(21(35)32-6-8-36-9-7-32)13-2-1-3-16-19(13)31-22(30-16)23(26,27)28/h1-5,11,14H,6-10H2,(H,29,34)(H,30,31). The number of halogens is 5. The predicted octanol–water partition coefficient (Wildman–Crippen LogP) is 4.07. The summed E-state index contributed by atoms with van der Waals surface area (Å²) in [5.41, 5.74) is 0.154. The second-order valence-electron chi connectivity index (χ2n) is 7.97. The Balaban J connectivity index is 1.71. The van der Waals surface area contributed by atoms with Crippen molar-refractivity contribution in [3.8, 4) is 0 Å². The molecule has 0 radical (unpaired) electrons. The van der Waals surface area contributed by atoms with Crippen LogP contribution >= 0.6 is 23.2 Å². The number of fused-ring (bicyclic) bond motifs is 1. The van der Waals surface area contributed by atoms with E-state index in [1.165, 1.54) is 35.2 Å². The molecule has 1 aliphatic heterocycles. The number of carbonyl (C=O) groups excluding carboxylic acids is 3. The highest BCUT2D eigenvalue weighted by atomic mass is 35.5. The fourth-order valence-corrected chi connectivity index (χ4v) is 4.54. The first-order valence-electron chi connectivity index (χ1n) is 10.8. The van der Waals surface area contributed by atoms with Crippen molar-refractivity contribution in [1.29, 1.82) is 0 Å². The molecule has 0 saturated carbocycles. The molecule has 2 N–H and O–H groups in total. The second kappa shape index (κ2) is 10.5. The van der Waals surface area contributed by atoms with E-state index in [4.69, 9.17) is 27.9 Å². The molecule has 0 bridgehead atoms. The maximum absolute atomic E-state index is 13.5. The molecule has 2 aromatic carbocycles. The highest BCUT2D eigenvalue weighted by molar-refractivity contribution is 6.41. The molecule has 36 heavy (non-hydrogen) atoms. The minimum Gasteiger partial charge on any atom is -0.378 e. The van der Waals surface area contributed by atoms with Gasteiger partial charge in [0.1, 0.15) is 0 Å². The SMILES string of the molecule is O=Cc1ccc(Cl)c(C(=O)NCC(C(=O)N2CCOCC2)c2cccc3[nH]c(C(F)(F)F)nc23)c1Cl. The number of ether oxygens (including phenoxy) is 1. The zero-order valence-corrected chi connectivity index (χ0v) is 20.0. The Morgan fingerprint density at radius 1 is 1.19 bits per heavy atom. The number of carbonyl (C=O) groups is 3. The van der Waals surface area contributed by atoms with Crippen molar-refractivity contribution in [3.05, 3.63) is 62.9 Å². The van der Waals surface area contributed by atoms with Gasteiger partial charge in [0.2, 0.25) is 11.7 Å². The van der Waals surface area contributed by atoms with Crippen LogP contribution in [0.25, 0.3) is 11.0 Å². The van der Waals surface area contributed by atoms with Crippen LogP contribution in [0.2, 0.25) is 10.0 Å². The fourth-order valence-electron chi connectivity index (χ4n) is 3.96. The first kappa shape index (κ1) is 25.9. The molecule has 1 unspecified atom stereocenters. The summed E-state index contributed by atoms with van der Waals surface area (Å²) in [6, 6.07) is 7.10. The van der Waals surface area contributed by atoms with Crippen molar-refractivity contribution >= 4 is 52.3 Å². The number of benzene rings is 2. The van der Waals surface area contributed by atoms with Crippen LogP contribution in [0, 0.1) is 0 Å². The molecule has 13 heteroatoms. The number of alkyl halides is 3. The summed E-state index contributed by atoms with van der Waals surface area (Å²) in [4.78, 5) is 45.1. The van der Waals surface area contributed by atoms with Gasteiger partial charge in [-0.05, 0) is 23.8 Å². The van der Waals surface area contributed by atoms with Crippen LogP contribution in [-0.2, 0) is 15.7 Å². The molecular formula is C23H19Cl2F3N4O4. The topological polar surface area (TPSA) is 104 Å². The highest BCUT2D eigenvalue weighted by Gasteiger charge is 2.36. The van der Waals surface area contributed by atoms with E-state index in [0.29, 0.717) is 19.5 Å². The minimum absolute atomic E-state index is 0.0108. The van der Waals surface area contributed by atoms with Gasteiger partial charge in [-0.2, -0.15) is 13.2 Å². The van der Waals surface area contributed by atoms with Crippen LogP contribution in [0.1, 0.15) is 38.0 Å². The van der Waals surface area contributed by atoms with E-state index < -0.39 is 29.7 Å². The first-order chi connectivity index (χ1) is 17.1. The number of nitrogens with one attached hydrogen (secondary N) is 2.